The molecule has 1 unspecified atom stereocenters. The number of carbonyl (C=O) groups is 2. The van der Waals surface area contributed by atoms with Gasteiger partial charge in [0.1, 0.15) is 27.8 Å². The lowest BCUT2D eigenvalue weighted by Crippen LogP contribution is -2.45. The molecule has 11 heteroatoms. The van der Waals surface area contributed by atoms with Crippen LogP contribution in [0.4, 0.5) is 5.69 Å². The summed E-state index contributed by atoms with van der Waals surface area (Å²) in [6.07, 6.45) is 2.25. The number of thiazole rings is 1. The molecule has 2 aromatic heterocycles. The maximum atomic E-state index is 12.6. The lowest BCUT2D eigenvalue weighted by Gasteiger charge is -2.25. The number of hydrogen-bond acceptors (Lipinski definition) is 7. The van der Waals surface area contributed by atoms with Crippen LogP contribution in [0.15, 0.2) is 12.4 Å². The second-order valence-corrected chi connectivity index (χ2v) is 6.96. The van der Waals surface area contributed by atoms with Gasteiger partial charge in [0.2, 0.25) is 5.91 Å². The molecular weight excluding hydrogens is 350 g/mol. The molecule has 0 spiro atoms. The molecule has 0 aliphatic carbocycles. The van der Waals surface area contributed by atoms with E-state index in [0.29, 0.717) is 10.7 Å². The van der Waals surface area contributed by atoms with Crippen molar-refractivity contribution in [3.8, 4) is 0 Å². The van der Waals surface area contributed by atoms with Gasteiger partial charge in [-0.2, -0.15) is 5.10 Å². The summed E-state index contributed by atoms with van der Waals surface area (Å²) in [6.45, 7) is 6.41. The number of amides is 1. The van der Waals surface area contributed by atoms with Gasteiger partial charge in [0.05, 0.1) is 16.7 Å². The molecule has 1 amide bonds. The van der Waals surface area contributed by atoms with E-state index in [1.807, 2.05) is 0 Å². The van der Waals surface area contributed by atoms with Crippen molar-refractivity contribution in [2.45, 2.75) is 39.3 Å². The number of nitrogens with one attached hydrogen (secondary N) is 1. The topological polar surface area (TPSA) is 140 Å². The maximum Gasteiger partial charge on any atom is 0.347 e. The van der Waals surface area contributed by atoms with Gasteiger partial charge in [-0.05, 0) is 27.7 Å². The zero-order valence-electron chi connectivity index (χ0n) is 14.0. The van der Waals surface area contributed by atoms with E-state index < -0.39 is 28.4 Å². The number of carbonyl (C=O) groups excluding carboxylic acids is 1. The fourth-order valence-electron chi connectivity index (χ4n) is 2.05. The van der Waals surface area contributed by atoms with Crippen molar-refractivity contribution in [2.75, 3.05) is 0 Å². The molecule has 0 saturated heterocycles. The summed E-state index contributed by atoms with van der Waals surface area (Å²) in [5.41, 5.74) is -1.00. The largest absolute Gasteiger partial charge is 0.477 e. The van der Waals surface area contributed by atoms with E-state index in [0.717, 1.165) is 17.5 Å². The molecule has 25 heavy (non-hydrogen) atoms. The average Bonchev–Trinajstić information content (AvgIpc) is 3.13. The SMILES string of the molecule is Cc1nc(C(C)NC(=O)C(C)(C)n2cc([N+](=O)[O-])cn2)sc1C(=O)O. The van der Waals surface area contributed by atoms with Crippen LogP contribution in [0.5, 0.6) is 0 Å². The van der Waals surface area contributed by atoms with E-state index in [-0.39, 0.29) is 10.6 Å². The van der Waals surface area contributed by atoms with Crippen molar-refractivity contribution < 1.29 is 19.6 Å². The Labute approximate surface area is 146 Å². The Hall–Kier alpha value is -2.82. The van der Waals surface area contributed by atoms with Crippen molar-refractivity contribution >= 4 is 28.9 Å². The van der Waals surface area contributed by atoms with Gasteiger partial charge in [0.15, 0.2) is 0 Å². The van der Waals surface area contributed by atoms with Crippen LogP contribution in [0, 0.1) is 17.0 Å². The van der Waals surface area contributed by atoms with Gasteiger partial charge in [0.25, 0.3) is 0 Å². The second-order valence-electron chi connectivity index (χ2n) is 5.93. The first kappa shape index (κ1) is 18.5. The number of carboxylic acid groups (broad SMARTS) is 1. The fraction of sp³-hybridized carbons (Fsp3) is 0.429. The number of aromatic nitrogens is 3. The van der Waals surface area contributed by atoms with Crippen molar-refractivity contribution in [3.05, 3.63) is 38.1 Å². The molecular formula is C14H17N5O5S. The summed E-state index contributed by atoms with van der Waals surface area (Å²) >= 11 is 0.995. The molecule has 2 rings (SSSR count). The molecule has 2 N–H and O–H groups in total. The van der Waals surface area contributed by atoms with Gasteiger partial charge in [-0.15, -0.1) is 11.3 Å². The van der Waals surface area contributed by atoms with E-state index in [4.69, 9.17) is 5.11 Å². The standard InChI is InChI=1S/C14H17N5O5S/c1-7-10(12(20)21)25-11(16-7)8(2)17-13(22)14(3,4)18-6-9(5-15-18)19(23)24/h5-6,8H,1-4H3,(H,17,22)(H,20,21). The number of hydrogen-bond donors (Lipinski definition) is 2. The highest BCUT2D eigenvalue weighted by atomic mass is 32.1. The molecule has 0 bridgehead atoms. The molecule has 0 aliphatic heterocycles. The minimum Gasteiger partial charge on any atom is -0.477 e. The Balaban J connectivity index is 2.17. The number of aryl methyl sites for hydroxylation is 1. The lowest BCUT2D eigenvalue weighted by molar-refractivity contribution is -0.385. The summed E-state index contributed by atoms with van der Waals surface area (Å²) in [5.74, 6) is -1.49. The molecule has 0 aromatic carbocycles. The molecule has 0 radical (unpaired) electrons. The highest BCUT2D eigenvalue weighted by Crippen LogP contribution is 2.25. The molecule has 0 saturated carbocycles. The summed E-state index contributed by atoms with van der Waals surface area (Å²) in [4.78, 5) is 38.1. The zero-order valence-corrected chi connectivity index (χ0v) is 14.8. The normalized spacial score (nSPS) is 12.6. The molecule has 134 valence electrons. The third-order valence-corrected chi connectivity index (χ3v) is 4.96. The number of nitro groups is 1. The van der Waals surface area contributed by atoms with Gasteiger partial charge in [-0.3, -0.25) is 19.6 Å². The monoisotopic (exact) mass is 367 g/mol. The van der Waals surface area contributed by atoms with Crippen LogP contribution in [0.2, 0.25) is 0 Å². The highest BCUT2D eigenvalue weighted by molar-refractivity contribution is 7.13. The van der Waals surface area contributed by atoms with Crippen LogP contribution < -0.4 is 5.32 Å². The second kappa shape index (κ2) is 6.59. The highest BCUT2D eigenvalue weighted by Gasteiger charge is 2.33. The first-order chi connectivity index (χ1) is 11.5. The fourth-order valence-corrected chi connectivity index (χ4v) is 2.96. The summed E-state index contributed by atoms with van der Waals surface area (Å²) in [6, 6.07) is -0.519. The van der Waals surface area contributed by atoms with E-state index in [2.05, 4.69) is 15.4 Å². The molecule has 0 fully saturated rings. The Morgan fingerprint density at radius 2 is 2.12 bits per heavy atom. The van der Waals surface area contributed by atoms with Crippen LogP contribution in [-0.2, 0) is 10.3 Å². The number of nitrogens with zero attached hydrogens (tertiary/aromatic N) is 4. The molecule has 0 aliphatic rings. The van der Waals surface area contributed by atoms with E-state index in [1.165, 1.54) is 10.9 Å². The van der Waals surface area contributed by atoms with Gasteiger partial charge in [0, 0.05) is 0 Å². The van der Waals surface area contributed by atoms with Crippen LogP contribution >= 0.6 is 11.3 Å². The number of aromatic carboxylic acids is 1. The predicted molar refractivity (Wildman–Crippen MR) is 88.6 cm³/mol. The minimum atomic E-state index is -1.18. The van der Waals surface area contributed by atoms with Crippen molar-refractivity contribution in [3.63, 3.8) is 0 Å². The van der Waals surface area contributed by atoms with Gasteiger partial charge >= 0.3 is 11.7 Å². The van der Waals surface area contributed by atoms with Crippen LogP contribution in [0.3, 0.4) is 0 Å². The van der Waals surface area contributed by atoms with Gasteiger partial charge < -0.3 is 10.4 Å². The van der Waals surface area contributed by atoms with Gasteiger partial charge in [-0.25, -0.2) is 9.78 Å². The maximum absolute atomic E-state index is 12.6. The Bertz CT molecular complexity index is 841. The van der Waals surface area contributed by atoms with Crippen molar-refractivity contribution in [1.29, 1.82) is 0 Å². The Kier molecular flexibility index (Phi) is 4.88. The van der Waals surface area contributed by atoms with Crippen LogP contribution in [0.25, 0.3) is 0 Å². The summed E-state index contributed by atoms with van der Waals surface area (Å²) in [7, 11) is 0. The molecule has 1 atom stereocenters. The van der Waals surface area contributed by atoms with Crippen LogP contribution in [-0.4, -0.2) is 36.7 Å². The van der Waals surface area contributed by atoms with Crippen LogP contribution in [0.1, 0.15) is 47.2 Å². The zero-order chi connectivity index (χ0) is 18.9. The quantitative estimate of drug-likeness (QED) is 0.586. The average molecular weight is 367 g/mol. The number of carboxylic acids is 1. The van der Waals surface area contributed by atoms with E-state index in [1.54, 1.807) is 27.7 Å². The lowest BCUT2D eigenvalue weighted by atomic mass is 10.0. The third-order valence-electron chi connectivity index (χ3n) is 3.63. The molecule has 10 nitrogen and oxygen atoms in total. The predicted octanol–water partition coefficient (Wildman–Crippen LogP) is 1.87. The Morgan fingerprint density at radius 3 is 2.60 bits per heavy atom. The van der Waals surface area contributed by atoms with Crippen molar-refractivity contribution in [2.24, 2.45) is 0 Å². The minimum absolute atomic E-state index is 0.123. The molecule has 2 aromatic rings. The van der Waals surface area contributed by atoms with E-state index in [9.17, 15) is 19.7 Å². The smallest absolute Gasteiger partial charge is 0.347 e. The summed E-state index contributed by atoms with van der Waals surface area (Å²) < 4.78 is 1.21. The third kappa shape index (κ3) is 3.65. The Morgan fingerprint density at radius 1 is 1.48 bits per heavy atom. The van der Waals surface area contributed by atoms with Gasteiger partial charge in [-0.1, -0.05) is 0 Å². The first-order valence-corrected chi connectivity index (χ1v) is 8.06. The number of rotatable bonds is 6. The molecule has 2 heterocycles. The van der Waals surface area contributed by atoms with E-state index >= 15 is 0 Å². The van der Waals surface area contributed by atoms with Crippen molar-refractivity contribution in [1.82, 2.24) is 20.1 Å². The first-order valence-electron chi connectivity index (χ1n) is 7.25. The summed E-state index contributed by atoms with van der Waals surface area (Å²) in [5, 5.41) is 26.9.